The molecule has 0 aliphatic carbocycles. The fourth-order valence-corrected chi connectivity index (χ4v) is 1.97. The van der Waals surface area contributed by atoms with Crippen LogP contribution < -0.4 is 14.9 Å². The zero-order valence-corrected chi connectivity index (χ0v) is 11.6. The van der Waals surface area contributed by atoms with Crippen LogP contribution in [-0.4, -0.2) is 25.3 Å². The molecule has 0 atom stereocenters. The normalized spacial score (nSPS) is 13.1. The van der Waals surface area contributed by atoms with Crippen LogP contribution in [0.25, 0.3) is 0 Å². The first kappa shape index (κ1) is 14.1. The van der Waals surface area contributed by atoms with E-state index in [1.54, 1.807) is 18.2 Å². The Balaban J connectivity index is 1.64. The number of hydrogen-bond acceptors (Lipinski definition) is 4. The molecule has 3 rings (SSSR count). The number of ether oxygens (including phenoxy) is 2. The topological polar surface area (TPSA) is 59.9 Å². The Morgan fingerprint density at radius 3 is 2.59 bits per heavy atom. The van der Waals surface area contributed by atoms with Gasteiger partial charge in [-0.25, -0.2) is 9.82 Å². The maximum absolute atomic E-state index is 12.8. The number of nitrogens with one attached hydrogen (secondary N) is 1. The van der Waals surface area contributed by atoms with Crippen molar-refractivity contribution in [3.63, 3.8) is 0 Å². The molecule has 2 aromatic rings. The molecule has 0 bridgehead atoms. The summed E-state index contributed by atoms with van der Waals surface area (Å²) in [6, 6.07) is 10.6. The van der Waals surface area contributed by atoms with Crippen molar-refractivity contribution < 1.29 is 18.7 Å². The zero-order chi connectivity index (χ0) is 15.4. The summed E-state index contributed by atoms with van der Waals surface area (Å²) in [7, 11) is 0. The second-order valence-electron chi connectivity index (χ2n) is 4.61. The molecule has 5 nitrogen and oxygen atoms in total. The van der Waals surface area contributed by atoms with Gasteiger partial charge in [-0.05, 0) is 48.0 Å². The van der Waals surface area contributed by atoms with Gasteiger partial charge in [0.1, 0.15) is 19.0 Å². The second-order valence-corrected chi connectivity index (χ2v) is 4.61. The lowest BCUT2D eigenvalue weighted by Gasteiger charge is -2.18. The van der Waals surface area contributed by atoms with Crippen LogP contribution in [0.2, 0.25) is 0 Å². The minimum absolute atomic E-state index is 0.334. The lowest BCUT2D eigenvalue weighted by molar-refractivity contribution is 0.0955. The van der Waals surface area contributed by atoms with Crippen LogP contribution in [0.3, 0.4) is 0 Å². The Morgan fingerprint density at radius 2 is 1.82 bits per heavy atom. The SMILES string of the molecule is O=C(N/N=C\c1ccc2c(c1)OCCO2)c1ccc(F)cc1. The fraction of sp³-hybridized carbons (Fsp3) is 0.125. The molecule has 0 radical (unpaired) electrons. The first-order valence-electron chi connectivity index (χ1n) is 6.71. The van der Waals surface area contributed by atoms with E-state index in [9.17, 15) is 9.18 Å². The highest BCUT2D eigenvalue weighted by molar-refractivity contribution is 5.94. The number of rotatable bonds is 3. The van der Waals surface area contributed by atoms with E-state index in [1.165, 1.54) is 30.5 Å². The van der Waals surface area contributed by atoms with Crippen LogP contribution >= 0.6 is 0 Å². The summed E-state index contributed by atoms with van der Waals surface area (Å²) in [6.07, 6.45) is 1.50. The third-order valence-electron chi connectivity index (χ3n) is 3.05. The van der Waals surface area contributed by atoms with Crippen molar-refractivity contribution in [2.75, 3.05) is 13.2 Å². The van der Waals surface area contributed by atoms with E-state index < -0.39 is 11.7 Å². The summed E-state index contributed by atoms with van der Waals surface area (Å²) in [5.74, 6) is 0.545. The van der Waals surface area contributed by atoms with Gasteiger partial charge < -0.3 is 9.47 Å². The van der Waals surface area contributed by atoms with Gasteiger partial charge in [0.2, 0.25) is 0 Å². The third kappa shape index (κ3) is 3.22. The van der Waals surface area contributed by atoms with Crippen molar-refractivity contribution >= 4 is 12.1 Å². The molecule has 112 valence electrons. The minimum Gasteiger partial charge on any atom is -0.486 e. The summed E-state index contributed by atoms with van der Waals surface area (Å²) in [5, 5.41) is 3.87. The van der Waals surface area contributed by atoms with Gasteiger partial charge in [-0.1, -0.05) is 0 Å². The van der Waals surface area contributed by atoms with Gasteiger partial charge in [0, 0.05) is 5.56 Å². The molecule has 1 aliphatic heterocycles. The van der Waals surface area contributed by atoms with E-state index in [2.05, 4.69) is 10.5 Å². The molecule has 0 fully saturated rings. The predicted molar refractivity (Wildman–Crippen MR) is 78.9 cm³/mol. The molecule has 0 spiro atoms. The minimum atomic E-state index is -0.409. The van der Waals surface area contributed by atoms with Gasteiger partial charge in [0.05, 0.1) is 6.21 Å². The van der Waals surface area contributed by atoms with E-state index in [1.807, 2.05) is 0 Å². The summed E-state index contributed by atoms with van der Waals surface area (Å²) in [5.41, 5.74) is 3.48. The van der Waals surface area contributed by atoms with Crippen LogP contribution in [0.1, 0.15) is 15.9 Å². The Hall–Kier alpha value is -2.89. The van der Waals surface area contributed by atoms with E-state index in [-0.39, 0.29) is 0 Å². The first-order valence-corrected chi connectivity index (χ1v) is 6.71. The van der Waals surface area contributed by atoms with Crippen molar-refractivity contribution in [3.8, 4) is 11.5 Å². The maximum Gasteiger partial charge on any atom is 0.271 e. The number of hydrogen-bond donors (Lipinski definition) is 1. The van der Waals surface area contributed by atoms with Crippen molar-refractivity contribution in [2.45, 2.75) is 0 Å². The van der Waals surface area contributed by atoms with Gasteiger partial charge >= 0.3 is 0 Å². The number of carbonyl (C=O) groups excluding carboxylic acids is 1. The average molecular weight is 300 g/mol. The third-order valence-corrected chi connectivity index (χ3v) is 3.05. The fourth-order valence-electron chi connectivity index (χ4n) is 1.97. The molecule has 0 saturated heterocycles. The second kappa shape index (κ2) is 6.26. The number of hydrazone groups is 1. The van der Waals surface area contributed by atoms with E-state index >= 15 is 0 Å². The molecular formula is C16H13FN2O3. The number of nitrogens with zero attached hydrogens (tertiary/aromatic N) is 1. The van der Waals surface area contributed by atoms with Crippen LogP contribution in [0, 0.1) is 5.82 Å². The highest BCUT2D eigenvalue weighted by Gasteiger charge is 2.11. The van der Waals surface area contributed by atoms with Gasteiger partial charge in [0.15, 0.2) is 11.5 Å². The number of halogens is 1. The molecule has 1 amide bonds. The lowest BCUT2D eigenvalue weighted by Crippen LogP contribution is -2.17. The highest BCUT2D eigenvalue weighted by atomic mass is 19.1. The van der Waals surface area contributed by atoms with Gasteiger partial charge in [-0.3, -0.25) is 4.79 Å². The van der Waals surface area contributed by atoms with E-state index in [4.69, 9.17) is 9.47 Å². The number of benzene rings is 2. The highest BCUT2D eigenvalue weighted by Crippen LogP contribution is 2.30. The lowest BCUT2D eigenvalue weighted by atomic mass is 10.2. The standard InChI is InChI=1S/C16H13FN2O3/c17-13-4-2-12(3-5-13)16(20)19-18-10-11-1-6-14-15(9-11)22-8-7-21-14/h1-6,9-10H,7-8H2,(H,19,20)/b18-10-. The molecule has 1 heterocycles. The maximum atomic E-state index is 12.8. The summed E-state index contributed by atoms with van der Waals surface area (Å²) >= 11 is 0. The molecule has 1 aliphatic rings. The Kier molecular flexibility index (Phi) is 4.00. The van der Waals surface area contributed by atoms with Gasteiger partial charge in [-0.2, -0.15) is 5.10 Å². The number of carbonyl (C=O) groups is 1. The van der Waals surface area contributed by atoms with Crippen LogP contribution in [0.4, 0.5) is 4.39 Å². The molecule has 2 aromatic carbocycles. The predicted octanol–water partition coefficient (Wildman–Crippen LogP) is 2.36. The molecular weight excluding hydrogens is 287 g/mol. The average Bonchev–Trinajstić information content (AvgIpc) is 2.55. The zero-order valence-electron chi connectivity index (χ0n) is 11.6. The number of amides is 1. The van der Waals surface area contributed by atoms with Crippen LogP contribution in [0.15, 0.2) is 47.6 Å². The van der Waals surface area contributed by atoms with Gasteiger partial charge in [-0.15, -0.1) is 0 Å². The van der Waals surface area contributed by atoms with Crippen LogP contribution in [0.5, 0.6) is 11.5 Å². The van der Waals surface area contributed by atoms with Crippen molar-refractivity contribution in [2.24, 2.45) is 5.10 Å². The van der Waals surface area contributed by atoms with Crippen molar-refractivity contribution in [1.29, 1.82) is 0 Å². The van der Waals surface area contributed by atoms with E-state index in [0.29, 0.717) is 30.3 Å². The molecule has 0 saturated carbocycles. The Bertz CT molecular complexity index is 714. The van der Waals surface area contributed by atoms with E-state index in [0.717, 1.165) is 5.56 Å². The smallest absolute Gasteiger partial charge is 0.271 e. The molecule has 22 heavy (non-hydrogen) atoms. The molecule has 1 N–H and O–H groups in total. The molecule has 6 heteroatoms. The van der Waals surface area contributed by atoms with Crippen molar-refractivity contribution in [1.82, 2.24) is 5.43 Å². The number of fused-ring (bicyclic) bond motifs is 1. The largest absolute Gasteiger partial charge is 0.486 e. The van der Waals surface area contributed by atoms with Crippen LogP contribution in [-0.2, 0) is 0 Å². The molecule has 0 aromatic heterocycles. The summed E-state index contributed by atoms with van der Waals surface area (Å²) in [6.45, 7) is 1.04. The Morgan fingerprint density at radius 1 is 1.09 bits per heavy atom. The van der Waals surface area contributed by atoms with Crippen molar-refractivity contribution in [3.05, 3.63) is 59.4 Å². The first-order chi connectivity index (χ1) is 10.7. The monoisotopic (exact) mass is 300 g/mol. The quantitative estimate of drug-likeness (QED) is 0.699. The molecule has 0 unspecified atom stereocenters. The Labute approximate surface area is 126 Å². The summed E-state index contributed by atoms with van der Waals surface area (Å²) in [4.78, 5) is 11.8. The summed E-state index contributed by atoms with van der Waals surface area (Å²) < 4.78 is 23.7. The van der Waals surface area contributed by atoms with Gasteiger partial charge in [0.25, 0.3) is 5.91 Å².